The zero-order valence-corrected chi connectivity index (χ0v) is 24.9. The van der Waals surface area contributed by atoms with E-state index in [1.807, 2.05) is 75.4 Å². The monoisotopic (exact) mass is 584 g/mol. The molecular formula is C31H44N4O7. The third-order valence-electron chi connectivity index (χ3n) is 6.35. The lowest BCUT2D eigenvalue weighted by Crippen LogP contribution is -2.56. The SMILES string of the molecule is CCCOc1ccc(C[C@H](NC(=O)[C@H](CC(C)C)N[C@H](CCNC(=O)OCc2ccccc2)C(=O)O)C(=O)NC)cc1. The van der Waals surface area contributed by atoms with Gasteiger partial charge in [-0.05, 0) is 48.4 Å². The van der Waals surface area contributed by atoms with Crippen molar-refractivity contribution < 1.29 is 33.8 Å². The number of aliphatic carboxylic acids is 1. The Labute approximate surface area is 247 Å². The Balaban J connectivity index is 2.00. The standard InChI is InChI=1S/C31H44N4O7/c1-5-17-41-24-13-11-22(12-14-24)19-27(28(36)32-4)35-29(37)26(18-21(2)3)34-25(30(38)39)15-16-33-31(40)42-20-23-9-7-6-8-10-23/h6-14,21,25-27,34H,5,15-20H2,1-4H3,(H,32,36)(H,33,40)(H,35,37)(H,38,39)/t25-,26+,27+/m1/s1. The first-order valence-corrected chi connectivity index (χ1v) is 14.3. The number of carbonyl (C=O) groups excluding carboxylic acids is 3. The quantitative estimate of drug-likeness (QED) is 0.179. The number of carboxylic acids is 1. The van der Waals surface area contributed by atoms with Crippen LogP contribution in [0, 0.1) is 5.92 Å². The summed E-state index contributed by atoms with van der Waals surface area (Å²) < 4.78 is 10.8. The van der Waals surface area contributed by atoms with Crippen LogP contribution < -0.4 is 26.0 Å². The number of rotatable bonds is 18. The molecule has 2 rings (SSSR count). The van der Waals surface area contributed by atoms with E-state index >= 15 is 0 Å². The van der Waals surface area contributed by atoms with E-state index in [-0.39, 0.29) is 37.8 Å². The predicted molar refractivity (Wildman–Crippen MR) is 159 cm³/mol. The first-order valence-electron chi connectivity index (χ1n) is 14.3. The van der Waals surface area contributed by atoms with Gasteiger partial charge in [0.15, 0.2) is 0 Å². The molecule has 0 fully saturated rings. The van der Waals surface area contributed by atoms with Crippen molar-refractivity contribution in [3.8, 4) is 5.75 Å². The number of carboxylic acid groups (broad SMARTS) is 1. The Bertz CT molecular complexity index is 1130. The summed E-state index contributed by atoms with van der Waals surface area (Å²) in [5, 5.41) is 20.7. The molecule has 0 aliphatic rings. The van der Waals surface area contributed by atoms with Crippen molar-refractivity contribution in [1.29, 1.82) is 0 Å². The lowest BCUT2D eigenvalue weighted by Gasteiger charge is -2.26. The average Bonchev–Trinajstić information content (AvgIpc) is 2.98. The van der Waals surface area contributed by atoms with Gasteiger partial charge in [0.2, 0.25) is 11.8 Å². The van der Waals surface area contributed by atoms with Crippen LogP contribution in [0.25, 0.3) is 0 Å². The summed E-state index contributed by atoms with van der Waals surface area (Å²) in [5.74, 6) is -1.24. The van der Waals surface area contributed by atoms with Gasteiger partial charge in [-0.15, -0.1) is 0 Å². The largest absolute Gasteiger partial charge is 0.494 e. The van der Waals surface area contributed by atoms with Gasteiger partial charge >= 0.3 is 12.1 Å². The van der Waals surface area contributed by atoms with E-state index in [0.29, 0.717) is 13.0 Å². The Kier molecular flexibility index (Phi) is 14.9. The zero-order valence-electron chi connectivity index (χ0n) is 24.9. The highest BCUT2D eigenvalue weighted by atomic mass is 16.5. The number of hydrogen-bond acceptors (Lipinski definition) is 7. The van der Waals surface area contributed by atoms with E-state index < -0.39 is 36.1 Å². The number of nitrogens with one attached hydrogen (secondary N) is 4. The molecule has 3 atom stereocenters. The third-order valence-corrected chi connectivity index (χ3v) is 6.35. The molecule has 2 aromatic carbocycles. The van der Waals surface area contributed by atoms with Gasteiger partial charge in [-0.3, -0.25) is 19.7 Å². The molecule has 5 N–H and O–H groups in total. The third kappa shape index (κ3) is 12.6. The minimum Gasteiger partial charge on any atom is -0.494 e. The molecule has 0 aliphatic carbocycles. The maximum absolute atomic E-state index is 13.4. The first-order chi connectivity index (χ1) is 20.1. The highest BCUT2D eigenvalue weighted by Gasteiger charge is 2.30. The maximum atomic E-state index is 13.4. The van der Waals surface area contributed by atoms with Crippen LogP contribution in [0.1, 0.15) is 51.2 Å². The number of amides is 3. The molecule has 0 saturated heterocycles. The fourth-order valence-electron chi connectivity index (χ4n) is 4.17. The zero-order chi connectivity index (χ0) is 30.9. The number of hydrogen-bond donors (Lipinski definition) is 5. The van der Waals surface area contributed by atoms with Gasteiger partial charge < -0.3 is 30.5 Å². The van der Waals surface area contributed by atoms with Crippen LogP contribution in [0.3, 0.4) is 0 Å². The molecule has 42 heavy (non-hydrogen) atoms. The lowest BCUT2D eigenvalue weighted by atomic mass is 10.00. The summed E-state index contributed by atoms with van der Waals surface area (Å²) in [5.41, 5.74) is 1.66. The van der Waals surface area contributed by atoms with Gasteiger partial charge in [0.1, 0.15) is 24.4 Å². The van der Waals surface area contributed by atoms with E-state index in [2.05, 4.69) is 21.3 Å². The molecule has 0 heterocycles. The van der Waals surface area contributed by atoms with E-state index in [1.165, 1.54) is 7.05 Å². The smallest absolute Gasteiger partial charge is 0.407 e. The van der Waals surface area contributed by atoms with Gasteiger partial charge in [0.25, 0.3) is 0 Å². The van der Waals surface area contributed by atoms with Crippen molar-refractivity contribution in [3.63, 3.8) is 0 Å². The molecule has 0 unspecified atom stereocenters. The van der Waals surface area contributed by atoms with Crippen LogP contribution in [0.2, 0.25) is 0 Å². The molecule has 0 radical (unpaired) electrons. The molecule has 0 aliphatic heterocycles. The van der Waals surface area contributed by atoms with Crippen molar-refractivity contribution in [2.24, 2.45) is 5.92 Å². The number of benzene rings is 2. The van der Waals surface area contributed by atoms with Crippen LogP contribution in [0.5, 0.6) is 5.75 Å². The summed E-state index contributed by atoms with van der Waals surface area (Å²) in [6.07, 6.45) is 0.816. The minimum absolute atomic E-state index is 0.0168. The summed E-state index contributed by atoms with van der Waals surface area (Å²) in [4.78, 5) is 50.1. The number of likely N-dealkylation sites (N-methyl/N-ethyl adjacent to an activating group) is 1. The van der Waals surface area contributed by atoms with Crippen molar-refractivity contribution in [2.45, 2.75) is 71.2 Å². The lowest BCUT2D eigenvalue weighted by molar-refractivity contribution is -0.140. The number of ether oxygens (including phenoxy) is 2. The van der Waals surface area contributed by atoms with Crippen LogP contribution in [0.15, 0.2) is 54.6 Å². The molecule has 0 bridgehead atoms. The molecule has 3 amide bonds. The molecule has 2 aromatic rings. The molecule has 11 nitrogen and oxygen atoms in total. The number of alkyl carbamates (subject to hydrolysis) is 1. The van der Waals surface area contributed by atoms with Crippen LogP contribution >= 0.6 is 0 Å². The fourth-order valence-corrected chi connectivity index (χ4v) is 4.17. The Morgan fingerprint density at radius 2 is 1.57 bits per heavy atom. The Morgan fingerprint density at radius 3 is 2.17 bits per heavy atom. The van der Waals surface area contributed by atoms with Gasteiger partial charge in [0.05, 0.1) is 12.6 Å². The van der Waals surface area contributed by atoms with Gasteiger partial charge in [-0.25, -0.2) is 4.79 Å². The molecule has 230 valence electrons. The normalized spacial score (nSPS) is 13.0. The number of carbonyl (C=O) groups is 4. The molecule has 11 heteroatoms. The molecule has 0 aromatic heterocycles. The van der Waals surface area contributed by atoms with E-state index in [1.54, 1.807) is 0 Å². The first kappa shape index (κ1) is 34.1. The van der Waals surface area contributed by atoms with Gasteiger partial charge in [-0.2, -0.15) is 0 Å². The van der Waals surface area contributed by atoms with Gasteiger partial charge in [0, 0.05) is 20.0 Å². The van der Waals surface area contributed by atoms with Crippen LogP contribution in [-0.2, 0) is 32.1 Å². The van der Waals surface area contributed by atoms with E-state index in [9.17, 15) is 24.3 Å². The highest BCUT2D eigenvalue weighted by molar-refractivity contribution is 5.90. The van der Waals surface area contributed by atoms with Crippen LogP contribution in [0.4, 0.5) is 4.79 Å². The second-order valence-corrected chi connectivity index (χ2v) is 10.4. The summed E-state index contributed by atoms with van der Waals surface area (Å²) in [7, 11) is 1.49. The van der Waals surface area contributed by atoms with Crippen molar-refractivity contribution >= 4 is 23.9 Å². The minimum atomic E-state index is -1.16. The highest BCUT2D eigenvalue weighted by Crippen LogP contribution is 2.15. The van der Waals surface area contributed by atoms with Crippen molar-refractivity contribution in [3.05, 3.63) is 65.7 Å². The Hall–Kier alpha value is -4.12. The topological polar surface area (TPSA) is 155 Å². The summed E-state index contributed by atoms with van der Waals surface area (Å²) >= 11 is 0. The molecule has 0 saturated carbocycles. The second kappa shape index (κ2) is 18.3. The summed E-state index contributed by atoms with van der Waals surface area (Å²) in [6.45, 7) is 6.57. The average molecular weight is 585 g/mol. The fraction of sp³-hybridized carbons (Fsp3) is 0.484. The van der Waals surface area contributed by atoms with Gasteiger partial charge in [-0.1, -0.05) is 63.2 Å². The Morgan fingerprint density at radius 1 is 0.881 bits per heavy atom. The maximum Gasteiger partial charge on any atom is 0.407 e. The second-order valence-electron chi connectivity index (χ2n) is 10.4. The van der Waals surface area contributed by atoms with Crippen molar-refractivity contribution in [2.75, 3.05) is 20.2 Å². The molecule has 0 spiro atoms. The van der Waals surface area contributed by atoms with Crippen molar-refractivity contribution in [1.82, 2.24) is 21.3 Å². The van der Waals surface area contributed by atoms with E-state index in [0.717, 1.165) is 23.3 Å². The predicted octanol–water partition coefficient (Wildman–Crippen LogP) is 3.02. The van der Waals surface area contributed by atoms with E-state index in [4.69, 9.17) is 9.47 Å². The van der Waals surface area contributed by atoms with Crippen LogP contribution in [-0.4, -0.2) is 67.3 Å². The summed E-state index contributed by atoms with van der Waals surface area (Å²) in [6, 6.07) is 13.6. The molecular weight excluding hydrogens is 540 g/mol.